The zero-order valence-corrected chi connectivity index (χ0v) is 29.7. The predicted octanol–water partition coefficient (Wildman–Crippen LogP) is 3.33. The molecule has 12 N–H and O–H groups in total. The maximum atomic E-state index is 6.76. The van der Waals surface area contributed by atoms with Crippen molar-refractivity contribution in [1.82, 2.24) is 19.8 Å². The Labute approximate surface area is 304 Å². The molecule has 46 heavy (non-hydrogen) atoms. The van der Waals surface area contributed by atoms with E-state index in [0.29, 0.717) is 73.4 Å². The van der Waals surface area contributed by atoms with Crippen molar-refractivity contribution in [3.63, 3.8) is 0 Å². The molecule has 0 aliphatic carbocycles. The molecule has 0 bridgehead atoms. The van der Waals surface area contributed by atoms with Gasteiger partial charge in [-0.15, -0.1) is 72.8 Å². The van der Waals surface area contributed by atoms with Gasteiger partial charge in [-0.25, -0.2) is 9.80 Å². The lowest BCUT2D eigenvalue weighted by molar-refractivity contribution is 0.300. The van der Waals surface area contributed by atoms with Gasteiger partial charge in [-0.05, 0) is 47.1 Å². The molecule has 0 amide bonds. The van der Waals surface area contributed by atoms with Gasteiger partial charge in [0.05, 0.1) is 37.7 Å². The molecule has 2 radical (unpaired) electrons. The molecule has 2 aliphatic heterocycles. The zero-order chi connectivity index (χ0) is 28.5. The van der Waals surface area contributed by atoms with E-state index in [-0.39, 0.29) is 71.3 Å². The van der Waals surface area contributed by atoms with Gasteiger partial charge in [0, 0.05) is 36.3 Å². The largest absolute Gasteiger partial charge is 0.491 e. The summed E-state index contributed by atoms with van der Waals surface area (Å²) < 4.78 is 11.6. The number of nitrogen functional groups attached to an aromatic ring is 4. The number of benzene rings is 2. The summed E-state index contributed by atoms with van der Waals surface area (Å²) in [6.45, 7) is 2.39. The van der Waals surface area contributed by atoms with Gasteiger partial charge in [-0.2, -0.15) is 0 Å². The lowest BCUT2D eigenvalue weighted by atomic mass is 10.1. The molecule has 2 aromatic carbocycles. The number of halogens is 6. The minimum atomic E-state index is -0.290. The fourth-order valence-corrected chi connectivity index (χ4v) is 4.93. The molecule has 2 aliphatic rings. The van der Waals surface area contributed by atoms with Crippen molar-refractivity contribution in [2.75, 3.05) is 49.2 Å². The van der Waals surface area contributed by atoms with Crippen LogP contribution in [0.15, 0.2) is 61.2 Å². The Bertz CT molecular complexity index is 1210. The predicted molar refractivity (Wildman–Crippen MR) is 201 cm³/mol. The van der Waals surface area contributed by atoms with Gasteiger partial charge in [-0.3, -0.25) is 0 Å². The van der Waals surface area contributed by atoms with E-state index < -0.39 is 0 Å². The summed E-state index contributed by atoms with van der Waals surface area (Å²) in [5.74, 6) is 2.78. The van der Waals surface area contributed by atoms with E-state index in [4.69, 9.17) is 55.6 Å². The van der Waals surface area contributed by atoms with E-state index in [1.165, 1.54) is 0 Å². The monoisotopic (exact) mass is 766 g/mol. The highest BCUT2D eigenvalue weighted by Gasteiger charge is 2.35. The summed E-state index contributed by atoms with van der Waals surface area (Å²) in [7, 11) is 0. The van der Waals surface area contributed by atoms with Crippen molar-refractivity contribution in [1.29, 1.82) is 0 Å². The number of nitrogens with two attached hydrogens (primary N) is 4. The molecule has 4 rings (SSSR count). The van der Waals surface area contributed by atoms with Gasteiger partial charge >= 0.3 is 11.7 Å². The SMILES string of the molecule is Cl.Cl.Cl.Cl.Nc1ccc(N)c(OCCCN2C=C[N+]=C2C(Cl)CCC(Cl)C2=[N+]C=CN2CCCOc2cc(N)ccc2N)c1.O.O. The highest BCUT2D eigenvalue weighted by atomic mass is 35.5. The van der Waals surface area contributed by atoms with E-state index in [9.17, 15) is 0 Å². The molecule has 18 heteroatoms. The van der Waals surface area contributed by atoms with Crippen LogP contribution in [0.1, 0.15) is 25.7 Å². The molecule has 12 nitrogen and oxygen atoms in total. The van der Waals surface area contributed by atoms with Gasteiger partial charge < -0.3 is 43.4 Å². The number of nitrogens with zero attached hydrogens (tertiary/aromatic N) is 4. The summed E-state index contributed by atoms with van der Waals surface area (Å²) in [5.41, 5.74) is 25.9. The average molecular weight is 769 g/mol. The van der Waals surface area contributed by atoms with Gasteiger partial charge in [0.25, 0.3) is 0 Å². The second kappa shape index (κ2) is 23.6. The maximum Gasteiger partial charge on any atom is 0.316 e. The molecule has 2 atom stereocenters. The molecule has 2 aromatic rings. The van der Waals surface area contributed by atoms with Crippen LogP contribution in [-0.2, 0) is 0 Å². The second-order valence-electron chi connectivity index (χ2n) is 9.47. The normalized spacial score (nSPS) is 13.7. The lowest BCUT2D eigenvalue weighted by Crippen LogP contribution is -2.37. The van der Waals surface area contributed by atoms with Gasteiger partial charge in [0.2, 0.25) is 0 Å². The lowest BCUT2D eigenvalue weighted by Gasteiger charge is -2.17. The molecule has 0 saturated heterocycles. The van der Waals surface area contributed by atoms with Crippen LogP contribution < -0.4 is 42.4 Å². The fourth-order valence-electron chi connectivity index (χ4n) is 4.32. The van der Waals surface area contributed by atoms with Crippen molar-refractivity contribution in [3.8, 4) is 11.5 Å². The number of amidine groups is 2. The van der Waals surface area contributed by atoms with Crippen molar-refractivity contribution in [2.24, 2.45) is 0 Å². The van der Waals surface area contributed by atoms with Crippen molar-refractivity contribution in [3.05, 3.63) is 61.2 Å². The van der Waals surface area contributed by atoms with Crippen molar-refractivity contribution < 1.29 is 20.4 Å². The van der Waals surface area contributed by atoms with Crippen molar-refractivity contribution >= 4 is 107 Å². The maximum absolute atomic E-state index is 6.76. The van der Waals surface area contributed by atoms with E-state index in [2.05, 4.69) is 9.98 Å². The highest BCUT2D eigenvalue weighted by Crippen LogP contribution is 2.25. The third-order valence-corrected chi connectivity index (χ3v) is 7.23. The number of alkyl halides is 2. The Morgan fingerprint density at radius 3 is 1.37 bits per heavy atom. The summed E-state index contributed by atoms with van der Waals surface area (Å²) >= 11 is 13.5. The van der Waals surface area contributed by atoms with E-state index in [0.717, 1.165) is 24.5 Å². The number of rotatable bonds is 15. The number of hydrogen-bond acceptors (Lipinski definition) is 10. The summed E-state index contributed by atoms with van der Waals surface area (Å²) in [4.78, 5) is 13.1. The highest BCUT2D eigenvalue weighted by molar-refractivity contribution is 6.33. The smallest absolute Gasteiger partial charge is 0.316 e. The van der Waals surface area contributed by atoms with Crippen LogP contribution in [0.2, 0.25) is 0 Å². The van der Waals surface area contributed by atoms with Crippen molar-refractivity contribution in [2.45, 2.75) is 36.4 Å². The second-order valence-corrected chi connectivity index (χ2v) is 10.5. The number of anilines is 4. The Balaban J connectivity index is -0.00000308. The summed E-state index contributed by atoms with van der Waals surface area (Å²) in [6, 6.07) is 10.4. The molecule has 0 saturated carbocycles. The van der Waals surface area contributed by atoms with Crippen LogP contribution >= 0.6 is 72.8 Å². The summed E-state index contributed by atoms with van der Waals surface area (Å²) in [5, 5.41) is -0.579. The summed E-state index contributed by atoms with van der Waals surface area (Å²) in [6.07, 6.45) is 10.2. The first-order valence-corrected chi connectivity index (χ1v) is 14.0. The Kier molecular flexibility index (Phi) is 24.5. The van der Waals surface area contributed by atoms with E-state index >= 15 is 0 Å². The van der Waals surface area contributed by atoms with Crippen LogP contribution in [0.4, 0.5) is 22.7 Å². The molecule has 0 spiro atoms. The van der Waals surface area contributed by atoms with E-state index in [1.54, 1.807) is 48.8 Å². The molecule has 260 valence electrons. The number of hydrogen-bond donors (Lipinski definition) is 4. The van der Waals surface area contributed by atoms with Crippen LogP contribution in [0.5, 0.6) is 11.5 Å². The first-order valence-electron chi connectivity index (χ1n) is 13.2. The van der Waals surface area contributed by atoms with Crippen LogP contribution in [0, 0.1) is 0 Å². The molecular weight excluding hydrogens is 725 g/mol. The Morgan fingerprint density at radius 2 is 1.00 bits per heavy atom. The quantitative estimate of drug-likeness (QED) is 0.119. The molecule has 2 unspecified atom stereocenters. The van der Waals surface area contributed by atoms with Gasteiger partial charge in [-0.1, -0.05) is 0 Å². The average Bonchev–Trinajstić information content (AvgIpc) is 3.61. The Morgan fingerprint density at radius 1 is 0.630 bits per heavy atom. The standard InChI is InChI=1S/C28H36Cl2N8O2.4ClH.2H2O/c29-21(27-35-9-13-37(27)11-1-15-39-25-17-19(31)3-7-23(25)33)5-6-22(30)28-36-10-14-38(28)12-2-16-40-26-18-20(32)4-8-24(26)34;;;;;;/h3-4,7-10,13-14,17-18,21-22H,1-2,5-6,11-12,15-16,31-34H2;4*1H;2*1H2/q+2;;;;;;. The molecule has 0 fully saturated rings. The zero-order valence-electron chi connectivity index (χ0n) is 24.9. The topological polar surface area (TPSA) is 220 Å². The number of aliphatic imine (C=N–C) groups is 2. The molecule has 2 heterocycles. The van der Waals surface area contributed by atoms with Gasteiger partial charge in [0.1, 0.15) is 34.7 Å². The van der Waals surface area contributed by atoms with Gasteiger partial charge in [0.15, 0.2) is 12.4 Å². The minimum Gasteiger partial charge on any atom is -0.491 e. The number of ether oxygens (including phenoxy) is 2. The minimum absolute atomic E-state index is 0. The van der Waals surface area contributed by atoms with Crippen LogP contribution in [0.3, 0.4) is 0 Å². The van der Waals surface area contributed by atoms with Crippen LogP contribution in [0.25, 0.3) is 0 Å². The first kappa shape index (κ1) is 47.7. The third kappa shape index (κ3) is 13.6. The van der Waals surface area contributed by atoms with Crippen LogP contribution in [-0.4, -0.2) is 69.5 Å². The Hall–Kier alpha value is -2.68. The first-order chi connectivity index (χ1) is 19.3. The third-order valence-electron chi connectivity index (χ3n) is 6.41. The molecular formula is C28H44Cl6N8O4+2. The molecule has 0 aromatic heterocycles. The fraction of sp³-hybridized carbons (Fsp3) is 0.357. The van der Waals surface area contributed by atoms with E-state index in [1.807, 2.05) is 22.2 Å².